The van der Waals surface area contributed by atoms with Crippen molar-refractivity contribution < 1.29 is 0 Å². The van der Waals surface area contributed by atoms with E-state index in [0.717, 1.165) is 31.9 Å². The first-order valence-electron chi connectivity index (χ1n) is 5.50. The van der Waals surface area contributed by atoms with E-state index >= 15 is 0 Å². The van der Waals surface area contributed by atoms with Gasteiger partial charge in [-0.3, -0.25) is 4.99 Å². The minimum Gasteiger partial charge on any atom is -0.370 e. The molecule has 1 heterocycles. The van der Waals surface area contributed by atoms with Crippen molar-refractivity contribution in [3.63, 3.8) is 0 Å². The Bertz CT molecular complexity index is 215. The molecule has 0 aromatic heterocycles. The van der Waals surface area contributed by atoms with Crippen molar-refractivity contribution in [2.45, 2.75) is 46.6 Å². The van der Waals surface area contributed by atoms with Gasteiger partial charge in [-0.1, -0.05) is 27.7 Å². The van der Waals surface area contributed by atoms with E-state index in [1.807, 2.05) is 0 Å². The molecule has 1 aliphatic heterocycles. The molecule has 0 amide bonds. The molecule has 3 nitrogen and oxygen atoms in total. The smallest absolute Gasteiger partial charge is 0.191 e. The summed E-state index contributed by atoms with van der Waals surface area (Å²) in [5.41, 5.74) is 6.21. The summed E-state index contributed by atoms with van der Waals surface area (Å²) in [5.74, 6) is 0.737. The molecule has 1 rings (SSSR count). The third-order valence-electron chi connectivity index (χ3n) is 2.51. The molecule has 0 aromatic carbocycles. The number of nitrogens with two attached hydrogens (primary N) is 1. The summed E-state index contributed by atoms with van der Waals surface area (Å²) in [6.07, 6.45) is 2.30. The van der Waals surface area contributed by atoms with Crippen molar-refractivity contribution in [1.29, 1.82) is 0 Å². The molecule has 0 bridgehead atoms. The SMILES string of the molecule is CCCN1C(N)=NCC1CC(C)(C)C. The topological polar surface area (TPSA) is 41.6 Å². The van der Waals surface area contributed by atoms with Gasteiger partial charge in [0.05, 0.1) is 12.6 Å². The van der Waals surface area contributed by atoms with Gasteiger partial charge in [0.25, 0.3) is 0 Å². The highest BCUT2D eigenvalue weighted by molar-refractivity contribution is 5.80. The second-order valence-corrected chi connectivity index (χ2v) is 5.31. The lowest BCUT2D eigenvalue weighted by atomic mass is 9.88. The monoisotopic (exact) mass is 197 g/mol. The summed E-state index contributed by atoms with van der Waals surface area (Å²) >= 11 is 0. The lowest BCUT2D eigenvalue weighted by molar-refractivity contribution is 0.241. The van der Waals surface area contributed by atoms with Crippen LogP contribution in [-0.2, 0) is 0 Å². The molecule has 1 atom stereocenters. The van der Waals surface area contributed by atoms with Crippen LogP contribution >= 0.6 is 0 Å². The van der Waals surface area contributed by atoms with E-state index in [2.05, 4.69) is 37.6 Å². The molecule has 1 aliphatic rings. The van der Waals surface area contributed by atoms with Gasteiger partial charge >= 0.3 is 0 Å². The second-order valence-electron chi connectivity index (χ2n) is 5.31. The van der Waals surface area contributed by atoms with E-state index < -0.39 is 0 Å². The predicted molar refractivity (Wildman–Crippen MR) is 61.3 cm³/mol. The van der Waals surface area contributed by atoms with E-state index in [0.29, 0.717) is 11.5 Å². The van der Waals surface area contributed by atoms with Gasteiger partial charge in [0, 0.05) is 6.54 Å². The normalized spacial score (nSPS) is 22.7. The molecule has 0 fully saturated rings. The summed E-state index contributed by atoms with van der Waals surface area (Å²) in [6, 6.07) is 0.523. The van der Waals surface area contributed by atoms with E-state index in [1.165, 1.54) is 0 Å². The van der Waals surface area contributed by atoms with Crippen molar-refractivity contribution in [3.8, 4) is 0 Å². The number of aliphatic imine (C=N–C) groups is 1. The van der Waals surface area contributed by atoms with Gasteiger partial charge in [-0.05, 0) is 18.3 Å². The van der Waals surface area contributed by atoms with Crippen molar-refractivity contribution in [3.05, 3.63) is 0 Å². The molecule has 0 spiro atoms. The third-order valence-corrected chi connectivity index (χ3v) is 2.51. The Morgan fingerprint density at radius 2 is 2.14 bits per heavy atom. The molecule has 0 aliphatic carbocycles. The third kappa shape index (κ3) is 2.89. The van der Waals surface area contributed by atoms with Gasteiger partial charge < -0.3 is 10.6 Å². The van der Waals surface area contributed by atoms with Gasteiger partial charge in [0.15, 0.2) is 5.96 Å². The molecule has 0 aromatic rings. The summed E-state index contributed by atoms with van der Waals surface area (Å²) in [4.78, 5) is 6.58. The lowest BCUT2D eigenvalue weighted by Crippen LogP contribution is -2.42. The van der Waals surface area contributed by atoms with Crippen LogP contribution in [0.15, 0.2) is 4.99 Å². The Morgan fingerprint density at radius 1 is 1.50 bits per heavy atom. The number of hydrogen-bond acceptors (Lipinski definition) is 3. The van der Waals surface area contributed by atoms with E-state index in [9.17, 15) is 0 Å². The average Bonchev–Trinajstić information content (AvgIpc) is 2.33. The van der Waals surface area contributed by atoms with Crippen molar-refractivity contribution in [2.24, 2.45) is 16.1 Å². The van der Waals surface area contributed by atoms with Gasteiger partial charge in [0.1, 0.15) is 0 Å². The maximum Gasteiger partial charge on any atom is 0.191 e. The largest absolute Gasteiger partial charge is 0.370 e. The van der Waals surface area contributed by atoms with E-state index in [1.54, 1.807) is 0 Å². The molecule has 0 radical (unpaired) electrons. The fourth-order valence-corrected chi connectivity index (χ4v) is 1.99. The van der Waals surface area contributed by atoms with E-state index in [4.69, 9.17) is 5.73 Å². The number of hydrogen-bond donors (Lipinski definition) is 1. The van der Waals surface area contributed by atoms with Crippen LogP contribution in [0.4, 0.5) is 0 Å². The van der Waals surface area contributed by atoms with Crippen molar-refractivity contribution >= 4 is 5.96 Å². The standard InChI is InChI=1S/C11H23N3/c1-5-6-14-9(7-11(2,3)4)8-13-10(14)12/h9H,5-8H2,1-4H3,(H2,12,13). The summed E-state index contributed by atoms with van der Waals surface area (Å²) < 4.78 is 0. The minimum atomic E-state index is 0.358. The van der Waals surface area contributed by atoms with Gasteiger partial charge in [0.2, 0.25) is 0 Å². The first-order chi connectivity index (χ1) is 6.44. The fraction of sp³-hybridized carbons (Fsp3) is 0.909. The Morgan fingerprint density at radius 3 is 2.64 bits per heavy atom. The summed E-state index contributed by atoms with van der Waals surface area (Å²) in [7, 11) is 0. The van der Waals surface area contributed by atoms with Gasteiger partial charge in [-0.25, -0.2) is 0 Å². The van der Waals surface area contributed by atoms with Gasteiger partial charge in [-0.2, -0.15) is 0 Å². The Labute approximate surface area is 87.4 Å². The maximum atomic E-state index is 5.85. The molecule has 82 valence electrons. The van der Waals surface area contributed by atoms with Crippen molar-refractivity contribution in [2.75, 3.05) is 13.1 Å². The maximum absolute atomic E-state index is 5.85. The minimum absolute atomic E-state index is 0.358. The molecule has 0 saturated heterocycles. The molecule has 0 saturated carbocycles. The van der Waals surface area contributed by atoms with Crippen LogP contribution < -0.4 is 5.73 Å². The van der Waals surface area contributed by atoms with Crippen LogP contribution in [0.3, 0.4) is 0 Å². The first kappa shape index (κ1) is 11.3. The van der Waals surface area contributed by atoms with E-state index in [-0.39, 0.29) is 0 Å². The zero-order valence-electron chi connectivity index (χ0n) is 9.88. The quantitative estimate of drug-likeness (QED) is 0.750. The molecule has 14 heavy (non-hydrogen) atoms. The first-order valence-corrected chi connectivity index (χ1v) is 5.50. The average molecular weight is 197 g/mol. The molecular weight excluding hydrogens is 174 g/mol. The Hall–Kier alpha value is -0.730. The van der Waals surface area contributed by atoms with Crippen LogP contribution in [0.5, 0.6) is 0 Å². The highest BCUT2D eigenvalue weighted by Gasteiger charge is 2.28. The summed E-state index contributed by atoms with van der Waals surface area (Å²) in [5, 5.41) is 0. The van der Waals surface area contributed by atoms with Crippen molar-refractivity contribution in [1.82, 2.24) is 4.90 Å². The highest BCUT2D eigenvalue weighted by atomic mass is 15.3. The van der Waals surface area contributed by atoms with Crippen LogP contribution in [-0.4, -0.2) is 30.0 Å². The second kappa shape index (κ2) is 4.20. The molecule has 3 heteroatoms. The number of rotatable bonds is 3. The van der Waals surface area contributed by atoms with Crippen LogP contribution in [0.25, 0.3) is 0 Å². The molecule has 2 N–H and O–H groups in total. The zero-order chi connectivity index (χ0) is 10.8. The van der Waals surface area contributed by atoms with Gasteiger partial charge in [-0.15, -0.1) is 0 Å². The molecule has 1 unspecified atom stereocenters. The number of nitrogens with zero attached hydrogens (tertiary/aromatic N) is 2. The van der Waals surface area contributed by atoms with Crippen LogP contribution in [0.1, 0.15) is 40.5 Å². The summed E-state index contributed by atoms with van der Waals surface area (Å²) in [6.45, 7) is 10.9. The Kier molecular flexibility index (Phi) is 3.40. The fourth-order valence-electron chi connectivity index (χ4n) is 1.99. The Balaban J connectivity index is 2.55. The van der Waals surface area contributed by atoms with Crippen LogP contribution in [0.2, 0.25) is 0 Å². The van der Waals surface area contributed by atoms with Crippen LogP contribution in [0, 0.1) is 5.41 Å². The zero-order valence-corrected chi connectivity index (χ0v) is 9.88. The lowest BCUT2D eigenvalue weighted by Gasteiger charge is -2.31. The predicted octanol–water partition coefficient (Wildman–Crippen LogP) is 1.83. The highest BCUT2D eigenvalue weighted by Crippen LogP contribution is 2.25. The molecular formula is C11H23N3. The number of guanidine groups is 1.